The Bertz CT molecular complexity index is 928. The number of hydrogen-bond acceptors (Lipinski definition) is 5. The highest BCUT2D eigenvalue weighted by atomic mass is 127. The van der Waals surface area contributed by atoms with Gasteiger partial charge in [-0.3, -0.25) is 4.99 Å². The fourth-order valence-corrected chi connectivity index (χ4v) is 2.63. The van der Waals surface area contributed by atoms with Crippen molar-refractivity contribution in [2.75, 3.05) is 7.05 Å². The Morgan fingerprint density at radius 2 is 1.83 bits per heavy atom. The molecular weight excluding hydrogens is 493 g/mol. The maximum absolute atomic E-state index is 5.79. The lowest BCUT2D eigenvalue weighted by atomic mass is 10.1. The number of hydrogen-bond donors (Lipinski definition) is 2. The topological polar surface area (TPSA) is 84.6 Å². The minimum Gasteiger partial charge on any atom is -0.473 e. The zero-order valence-corrected chi connectivity index (χ0v) is 19.8. The lowest BCUT2D eigenvalue weighted by molar-refractivity contribution is 0.293. The minimum atomic E-state index is 0. The van der Waals surface area contributed by atoms with E-state index in [2.05, 4.69) is 39.6 Å². The number of ether oxygens (including phenoxy) is 1. The number of guanidine groups is 1. The summed E-state index contributed by atoms with van der Waals surface area (Å²) in [6, 6.07) is 15.9. The van der Waals surface area contributed by atoms with Crippen molar-refractivity contribution in [2.45, 2.75) is 39.5 Å². The molecule has 3 aromatic rings. The highest BCUT2D eigenvalue weighted by Gasteiger charge is 2.08. The lowest BCUT2D eigenvalue weighted by Gasteiger charge is -2.11. The normalized spacial score (nSPS) is 11.1. The van der Waals surface area contributed by atoms with Gasteiger partial charge in [0.1, 0.15) is 6.61 Å². The number of aromatic nitrogens is 2. The molecule has 0 radical (unpaired) electrons. The van der Waals surface area contributed by atoms with Gasteiger partial charge in [-0.2, -0.15) is 0 Å². The van der Waals surface area contributed by atoms with E-state index in [0.29, 0.717) is 37.5 Å². The summed E-state index contributed by atoms with van der Waals surface area (Å²) in [6.45, 7) is 5.77. The van der Waals surface area contributed by atoms with E-state index in [-0.39, 0.29) is 24.0 Å². The van der Waals surface area contributed by atoms with Gasteiger partial charge in [0.25, 0.3) is 0 Å². The maximum Gasteiger partial charge on any atom is 0.213 e. The number of pyridine rings is 1. The van der Waals surface area contributed by atoms with Gasteiger partial charge in [-0.15, -0.1) is 24.0 Å². The van der Waals surface area contributed by atoms with Crippen molar-refractivity contribution in [3.8, 4) is 5.88 Å². The van der Waals surface area contributed by atoms with Crippen LogP contribution >= 0.6 is 24.0 Å². The highest BCUT2D eigenvalue weighted by Crippen LogP contribution is 2.14. The van der Waals surface area contributed by atoms with Gasteiger partial charge in [0.05, 0.1) is 12.2 Å². The molecule has 0 unspecified atom stereocenters. The van der Waals surface area contributed by atoms with Crippen molar-refractivity contribution >= 4 is 29.9 Å². The molecule has 0 saturated heterocycles. The first-order valence-corrected chi connectivity index (χ1v) is 9.65. The largest absolute Gasteiger partial charge is 0.473 e. The second-order valence-corrected chi connectivity index (χ2v) is 6.93. The first-order valence-electron chi connectivity index (χ1n) is 9.65. The number of halogens is 1. The average Bonchev–Trinajstić information content (AvgIpc) is 3.23. The Kier molecular flexibility index (Phi) is 9.59. The second-order valence-electron chi connectivity index (χ2n) is 6.93. The quantitative estimate of drug-likeness (QED) is 0.262. The predicted octanol–water partition coefficient (Wildman–Crippen LogP) is 4.26. The molecule has 0 fully saturated rings. The highest BCUT2D eigenvalue weighted by molar-refractivity contribution is 14.0. The van der Waals surface area contributed by atoms with Crippen molar-refractivity contribution in [2.24, 2.45) is 4.99 Å². The summed E-state index contributed by atoms with van der Waals surface area (Å²) in [4.78, 5) is 8.52. The number of rotatable bonds is 8. The molecule has 0 aliphatic carbocycles. The Balaban J connectivity index is 0.00000320. The van der Waals surface area contributed by atoms with E-state index in [4.69, 9.17) is 9.26 Å². The van der Waals surface area contributed by atoms with Crippen LogP contribution in [0.3, 0.4) is 0 Å². The maximum atomic E-state index is 5.79. The molecule has 0 atom stereocenters. The molecule has 7 nitrogen and oxygen atoms in total. The molecule has 3 rings (SSSR count). The van der Waals surface area contributed by atoms with Gasteiger partial charge in [0.15, 0.2) is 11.7 Å². The van der Waals surface area contributed by atoms with E-state index in [1.807, 2.05) is 48.5 Å². The Morgan fingerprint density at radius 1 is 1.07 bits per heavy atom. The molecule has 0 aliphatic rings. The summed E-state index contributed by atoms with van der Waals surface area (Å²) in [6.07, 6.45) is 1.75. The predicted molar refractivity (Wildman–Crippen MR) is 128 cm³/mol. The van der Waals surface area contributed by atoms with Gasteiger partial charge in [0.2, 0.25) is 5.88 Å². The molecule has 160 valence electrons. The molecular formula is C22H28IN5O2. The number of benzene rings is 1. The van der Waals surface area contributed by atoms with Gasteiger partial charge in [-0.25, -0.2) is 4.98 Å². The summed E-state index contributed by atoms with van der Waals surface area (Å²) in [5, 5.41) is 10.6. The van der Waals surface area contributed by atoms with Crippen LogP contribution < -0.4 is 15.4 Å². The fourth-order valence-electron chi connectivity index (χ4n) is 2.63. The SMILES string of the molecule is CN=C(NCc1ccnc(OCc2ccccc2)c1)NCc1cc(C(C)C)no1.I. The van der Waals surface area contributed by atoms with Crippen molar-refractivity contribution < 1.29 is 9.26 Å². The smallest absolute Gasteiger partial charge is 0.213 e. The molecule has 2 N–H and O–H groups in total. The van der Waals surface area contributed by atoms with Crippen LogP contribution in [-0.2, 0) is 19.7 Å². The molecule has 2 aromatic heterocycles. The van der Waals surface area contributed by atoms with E-state index in [9.17, 15) is 0 Å². The van der Waals surface area contributed by atoms with Gasteiger partial charge < -0.3 is 19.9 Å². The summed E-state index contributed by atoms with van der Waals surface area (Å²) >= 11 is 0. The fraction of sp³-hybridized carbons (Fsp3) is 0.318. The van der Waals surface area contributed by atoms with Crippen LogP contribution in [0.15, 0.2) is 64.2 Å². The van der Waals surface area contributed by atoms with Crippen LogP contribution in [0.5, 0.6) is 5.88 Å². The van der Waals surface area contributed by atoms with Gasteiger partial charge in [-0.1, -0.05) is 49.3 Å². The average molecular weight is 521 g/mol. The van der Waals surface area contributed by atoms with Gasteiger partial charge in [0, 0.05) is 31.9 Å². The molecule has 30 heavy (non-hydrogen) atoms. The van der Waals surface area contributed by atoms with E-state index in [1.165, 1.54) is 0 Å². The molecule has 1 aromatic carbocycles. The standard InChI is InChI=1S/C22H27N5O2.HI/c1-16(2)20-12-19(29-27-20)14-26-22(23-3)25-13-18-9-10-24-21(11-18)28-15-17-7-5-4-6-8-17;/h4-12,16H,13-15H2,1-3H3,(H2,23,25,26);1H. The molecule has 0 amide bonds. The van der Waals surface area contributed by atoms with Crippen LogP contribution in [0.25, 0.3) is 0 Å². The molecule has 0 spiro atoms. The first-order chi connectivity index (χ1) is 14.1. The van der Waals surface area contributed by atoms with E-state index in [1.54, 1.807) is 13.2 Å². The zero-order valence-electron chi connectivity index (χ0n) is 17.5. The van der Waals surface area contributed by atoms with Crippen LogP contribution in [0.4, 0.5) is 0 Å². The number of aliphatic imine (C=N–C) groups is 1. The first kappa shape index (κ1) is 23.7. The van der Waals surface area contributed by atoms with Gasteiger partial charge in [-0.05, 0) is 23.1 Å². The third kappa shape index (κ3) is 7.33. The van der Waals surface area contributed by atoms with E-state index in [0.717, 1.165) is 22.6 Å². The molecule has 0 saturated carbocycles. The van der Waals surface area contributed by atoms with Crippen molar-refractivity contribution in [1.29, 1.82) is 0 Å². The third-order valence-corrected chi connectivity index (χ3v) is 4.31. The Labute approximate surface area is 194 Å². The van der Waals surface area contributed by atoms with Crippen LogP contribution in [0, 0.1) is 0 Å². The molecule has 0 aliphatic heterocycles. The molecule has 8 heteroatoms. The Hall–Kier alpha value is -2.62. The van der Waals surface area contributed by atoms with Gasteiger partial charge >= 0.3 is 0 Å². The minimum absolute atomic E-state index is 0. The van der Waals surface area contributed by atoms with Crippen molar-refractivity contribution in [3.63, 3.8) is 0 Å². The van der Waals surface area contributed by atoms with Crippen LogP contribution in [-0.4, -0.2) is 23.1 Å². The summed E-state index contributed by atoms with van der Waals surface area (Å²) in [5.41, 5.74) is 3.10. The van der Waals surface area contributed by atoms with Crippen molar-refractivity contribution in [3.05, 3.63) is 77.3 Å². The lowest BCUT2D eigenvalue weighted by Crippen LogP contribution is -2.36. The third-order valence-electron chi connectivity index (χ3n) is 4.31. The summed E-state index contributed by atoms with van der Waals surface area (Å²) in [7, 11) is 1.73. The summed E-state index contributed by atoms with van der Waals surface area (Å²) in [5.74, 6) is 2.39. The van der Waals surface area contributed by atoms with Crippen LogP contribution in [0.2, 0.25) is 0 Å². The Morgan fingerprint density at radius 3 is 2.53 bits per heavy atom. The second kappa shape index (κ2) is 12.2. The monoisotopic (exact) mass is 521 g/mol. The van der Waals surface area contributed by atoms with Crippen molar-refractivity contribution in [1.82, 2.24) is 20.8 Å². The molecule has 0 bridgehead atoms. The van der Waals surface area contributed by atoms with Crippen LogP contribution in [0.1, 0.15) is 42.3 Å². The van der Waals surface area contributed by atoms with E-state index < -0.39 is 0 Å². The summed E-state index contributed by atoms with van der Waals surface area (Å²) < 4.78 is 11.1. The zero-order chi connectivity index (χ0) is 20.5. The molecule has 2 heterocycles. The number of nitrogens with zero attached hydrogens (tertiary/aromatic N) is 3. The van der Waals surface area contributed by atoms with E-state index >= 15 is 0 Å². The number of nitrogens with one attached hydrogen (secondary N) is 2.